The van der Waals surface area contributed by atoms with Crippen molar-refractivity contribution in [2.24, 2.45) is 0 Å². The first kappa shape index (κ1) is 17.2. The minimum absolute atomic E-state index is 0.00794. The van der Waals surface area contributed by atoms with Crippen LogP contribution < -0.4 is 0 Å². The van der Waals surface area contributed by atoms with Crippen LogP contribution in [0.4, 0.5) is 0 Å². The molecule has 0 spiro atoms. The third-order valence-electron chi connectivity index (χ3n) is 4.56. The van der Waals surface area contributed by atoms with Gasteiger partial charge in [-0.2, -0.15) is 5.10 Å². The van der Waals surface area contributed by atoms with E-state index in [0.29, 0.717) is 19.6 Å². The summed E-state index contributed by atoms with van der Waals surface area (Å²) in [5.74, 6) is -0.0745. The smallest absolute Gasteiger partial charge is 0.247 e. The molecular weight excluding hydrogens is 316 g/mol. The Bertz CT molecular complexity index is 749. The van der Waals surface area contributed by atoms with Crippen molar-refractivity contribution in [2.45, 2.75) is 33.4 Å². The highest BCUT2D eigenvalue weighted by Gasteiger charge is 2.30. The number of nitrogens with zero attached hydrogens (tertiary/aromatic N) is 4. The van der Waals surface area contributed by atoms with Crippen LogP contribution in [0.2, 0.25) is 0 Å². The van der Waals surface area contributed by atoms with Crippen molar-refractivity contribution in [1.82, 2.24) is 19.6 Å². The Morgan fingerprint density at radius 3 is 2.52 bits per heavy atom. The number of amides is 2. The molecule has 6 heteroatoms. The predicted octanol–water partition coefficient (Wildman–Crippen LogP) is 1.93. The molecule has 0 bridgehead atoms. The first-order valence-corrected chi connectivity index (χ1v) is 8.57. The summed E-state index contributed by atoms with van der Waals surface area (Å²) in [5.41, 5.74) is 3.53. The van der Waals surface area contributed by atoms with Gasteiger partial charge in [0.2, 0.25) is 11.8 Å². The van der Waals surface area contributed by atoms with Crippen molar-refractivity contribution in [2.75, 3.05) is 19.6 Å². The zero-order chi connectivity index (χ0) is 18.0. The van der Waals surface area contributed by atoms with Gasteiger partial charge in [0.1, 0.15) is 6.04 Å². The first-order valence-electron chi connectivity index (χ1n) is 8.57. The summed E-state index contributed by atoms with van der Waals surface area (Å²) >= 11 is 0. The van der Waals surface area contributed by atoms with Gasteiger partial charge in [0, 0.05) is 32.0 Å². The lowest BCUT2D eigenvalue weighted by molar-refractivity contribution is -0.147. The second kappa shape index (κ2) is 7.09. The van der Waals surface area contributed by atoms with E-state index in [2.05, 4.69) is 37.1 Å². The molecule has 1 fully saturated rings. The van der Waals surface area contributed by atoms with E-state index >= 15 is 0 Å². The summed E-state index contributed by atoms with van der Waals surface area (Å²) in [5, 5.41) is 4.11. The van der Waals surface area contributed by atoms with Crippen LogP contribution in [0.3, 0.4) is 0 Å². The molecule has 0 saturated carbocycles. The zero-order valence-corrected chi connectivity index (χ0v) is 15.0. The summed E-state index contributed by atoms with van der Waals surface area (Å²) in [6.45, 7) is 7.77. The standard InChI is InChI=1S/C19H24N4O2/c1-14-9-15(2)11-17(10-14)12-21-7-8-22(13-18(21)24)19(25)16(3)23-6-4-5-20-23/h4-6,9-11,16H,7-8,12-13H2,1-3H3/t16-/m0/s1. The molecule has 0 aliphatic carbocycles. The van der Waals surface area contributed by atoms with Gasteiger partial charge in [-0.3, -0.25) is 14.3 Å². The van der Waals surface area contributed by atoms with Crippen molar-refractivity contribution in [1.29, 1.82) is 0 Å². The Morgan fingerprint density at radius 1 is 1.20 bits per heavy atom. The van der Waals surface area contributed by atoms with Gasteiger partial charge in [-0.25, -0.2) is 0 Å². The highest BCUT2D eigenvalue weighted by atomic mass is 16.2. The lowest BCUT2D eigenvalue weighted by atomic mass is 10.1. The molecule has 2 heterocycles. The molecule has 2 aromatic rings. The molecule has 1 aliphatic heterocycles. The quantitative estimate of drug-likeness (QED) is 0.854. The fourth-order valence-corrected chi connectivity index (χ4v) is 3.33. The Kier molecular flexibility index (Phi) is 4.88. The molecule has 1 aromatic heterocycles. The SMILES string of the molecule is Cc1cc(C)cc(CN2CCN(C(=O)[C@H](C)n3cccn3)CC2=O)c1. The van der Waals surface area contributed by atoms with Gasteiger partial charge in [0.25, 0.3) is 0 Å². The molecule has 25 heavy (non-hydrogen) atoms. The lowest BCUT2D eigenvalue weighted by Crippen LogP contribution is -2.53. The van der Waals surface area contributed by atoms with Crippen LogP contribution in [0.1, 0.15) is 29.7 Å². The van der Waals surface area contributed by atoms with Crippen molar-refractivity contribution >= 4 is 11.8 Å². The molecule has 132 valence electrons. The third-order valence-corrected chi connectivity index (χ3v) is 4.56. The van der Waals surface area contributed by atoms with E-state index in [-0.39, 0.29) is 18.4 Å². The van der Waals surface area contributed by atoms with Gasteiger partial charge in [0.05, 0.1) is 6.54 Å². The lowest BCUT2D eigenvalue weighted by Gasteiger charge is -2.35. The van der Waals surface area contributed by atoms with Crippen LogP contribution in [-0.2, 0) is 16.1 Å². The van der Waals surface area contributed by atoms with Crippen molar-refractivity contribution in [3.8, 4) is 0 Å². The van der Waals surface area contributed by atoms with E-state index < -0.39 is 6.04 Å². The van der Waals surface area contributed by atoms with E-state index in [1.54, 1.807) is 28.0 Å². The highest BCUT2D eigenvalue weighted by Crippen LogP contribution is 2.16. The van der Waals surface area contributed by atoms with E-state index in [1.165, 1.54) is 11.1 Å². The normalized spacial score (nSPS) is 16.2. The molecule has 0 unspecified atom stereocenters. The van der Waals surface area contributed by atoms with Gasteiger partial charge < -0.3 is 9.80 Å². The van der Waals surface area contributed by atoms with Crippen LogP contribution in [0.5, 0.6) is 0 Å². The van der Waals surface area contributed by atoms with E-state index in [1.807, 2.05) is 11.8 Å². The van der Waals surface area contributed by atoms with Gasteiger partial charge >= 0.3 is 0 Å². The Morgan fingerprint density at radius 2 is 1.92 bits per heavy atom. The maximum Gasteiger partial charge on any atom is 0.247 e. The maximum atomic E-state index is 12.6. The first-order chi connectivity index (χ1) is 11.9. The maximum absolute atomic E-state index is 12.6. The van der Waals surface area contributed by atoms with Crippen LogP contribution in [0.15, 0.2) is 36.7 Å². The number of carbonyl (C=O) groups excluding carboxylic acids is 2. The van der Waals surface area contributed by atoms with Gasteiger partial charge in [-0.1, -0.05) is 29.3 Å². The van der Waals surface area contributed by atoms with Crippen LogP contribution in [0.25, 0.3) is 0 Å². The molecule has 6 nitrogen and oxygen atoms in total. The molecule has 0 radical (unpaired) electrons. The molecule has 0 N–H and O–H groups in total. The fraction of sp³-hybridized carbons (Fsp3) is 0.421. The second-order valence-electron chi connectivity index (χ2n) is 6.73. The summed E-state index contributed by atoms with van der Waals surface area (Å²) in [6, 6.07) is 7.73. The van der Waals surface area contributed by atoms with Crippen molar-refractivity contribution in [3.05, 3.63) is 53.3 Å². The number of rotatable bonds is 4. The molecule has 1 atom stereocenters. The van der Waals surface area contributed by atoms with Crippen molar-refractivity contribution in [3.63, 3.8) is 0 Å². The summed E-state index contributed by atoms with van der Waals surface area (Å²) in [6.07, 6.45) is 3.41. The largest absolute Gasteiger partial charge is 0.335 e. The minimum Gasteiger partial charge on any atom is -0.335 e. The number of hydrogen-bond acceptors (Lipinski definition) is 3. The fourth-order valence-electron chi connectivity index (χ4n) is 3.33. The Labute approximate surface area is 148 Å². The van der Waals surface area contributed by atoms with E-state index in [4.69, 9.17) is 0 Å². The van der Waals surface area contributed by atoms with Crippen LogP contribution in [-0.4, -0.2) is 51.0 Å². The molecule has 3 rings (SSSR count). The second-order valence-corrected chi connectivity index (χ2v) is 6.73. The van der Waals surface area contributed by atoms with Crippen LogP contribution >= 0.6 is 0 Å². The number of hydrogen-bond donors (Lipinski definition) is 0. The van der Waals surface area contributed by atoms with Gasteiger partial charge in [0.15, 0.2) is 0 Å². The molecule has 1 aromatic carbocycles. The third kappa shape index (κ3) is 3.90. The average Bonchev–Trinajstić information content (AvgIpc) is 3.09. The summed E-state index contributed by atoms with van der Waals surface area (Å²) < 4.78 is 1.62. The molecule has 2 amide bonds. The van der Waals surface area contributed by atoms with Crippen LogP contribution in [0, 0.1) is 13.8 Å². The van der Waals surface area contributed by atoms with Crippen molar-refractivity contribution < 1.29 is 9.59 Å². The number of carbonyl (C=O) groups is 2. The summed E-state index contributed by atoms with van der Waals surface area (Å²) in [7, 11) is 0. The topological polar surface area (TPSA) is 58.4 Å². The molecule has 1 saturated heterocycles. The number of aryl methyl sites for hydroxylation is 2. The monoisotopic (exact) mass is 340 g/mol. The number of piperazine rings is 1. The summed E-state index contributed by atoms with van der Waals surface area (Å²) in [4.78, 5) is 28.6. The number of aromatic nitrogens is 2. The Balaban J connectivity index is 1.62. The molecule has 1 aliphatic rings. The average molecular weight is 340 g/mol. The highest BCUT2D eigenvalue weighted by molar-refractivity contribution is 5.87. The Hall–Kier alpha value is -2.63. The van der Waals surface area contributed by atoms with E-state index in [0.717, 1.165) is 5.56 Å². The zero-order valence-electron chi connectivity index (χ0n) is 15.0. The predicted molar refractivity (Wildman–Crippen MR) is 94.9 cm³/mol. The minimum atomic E-state index is -0.395. The number of benzene rings is 1. The van der Waals surface area contributed by atoms with Gasteiger partial charge in [-0.05, 0) is 32.4 Å². The molecular formula is C19H24N4O2. The van der Waals surface area contributed by atoms with Gasteiger partial charge in [-0.15, -0.1) is 0 Å². The van der Waals surface area contributed by atoms with E-state index in [9.17, 15) is 9.59 Å².